The molecule has 0 atom stereocenters. The van der Waals surface area contributed by atoms with Gasteiger partial charge in [-0.05, 0) is 0 Å². The molecule has 0 aromatic rings. The van der Waals surface area contributed by atoms with Crippen LogP contribution < -0.4 is 32.7 Å². The molecule has 0 heterocycles. The summed E-state index contributed by atoms with van der Waals surface area (Å²) in [7, 11) is 0. The van der Waals surface area contributed by atoms with Gasteiger partial charge in [-0.1, -0.05) is 0 Å². The first-order valence-corrected chi connectivity index (χ1v) is 5.64. The van der Waals surface area contributed by atoms with E-state index >= 15 is 0 Å². The fraction of sp³-hybridized carbons (Fsp3) is 1.00. The predicted molar refractivity (Wildman–Crippen MR) is 64.7 cm³/mol. The highest BCUT2D eigenvalue weighted by atomic mass is 15.1. The minimum absolute atomic E-state index is 0.699. The Hall–Kier alpha value is -0.240. The normalized spacial score (nSPS) is 10.8. The first-order valence-electron chi connectivity index (χ1n) is 5.64. The summed E-state index contributed by atoms with van der Waals surface area (Å²) in [6.07, 6.45) is 0. The van der Waals surface area contributed by atoms with Crippen molar-refractivity contribution in [3.63, 3.8) is 0 Å². The standard InChI is InChI=1S/C9H26N6/c10-1-3-12-5-7-14-9-15-8-6-13-4-2-11/h12-15H,1-11H2. The highest BCUT2D eigenvalue weighted by Gasteiger charge is 1.87. The Morgan fingerprint density at radius 3 is 1.33 bits per heavy atom. The van der Waals surface area contributed by atoms with Crippen LogP contribution in [-0.2, 0) is 0 Å². The molecule has 0 aromatic heterocycles. The SMILES string of the molecule is NCCNCCNCNCCNCCN. The van der Waals surface area contributed by atoms with Crippen molar-refractivity contribution in [2.24, 2.45) is 11.5 Å². The lowest BCUT2D eigenvalue weighted by molar-refractivity contribution is 0.545. The van der Waals surface area contributed by atoms with Crippen molar-refractivity contribution in [3.8, 4) is 0 Å². The third-order valence-electron chi connectivity index (χ3n) is 1.85. The van der Waals surface area contributed by atoms with Crippen LogP contribution in [0.4, 0.5) is 0 Å². The quantitative estimate of drug-likeness (QED) is 0.157. The molecule has 0 saturated carbocycles. The summed E-state index contributed by atoms with van der Waals surface area (Å²) in [6, 6.07) is 0. The van der Waals surface area contributed by atoms with Gasteiger partial charge in [-0.3, -0.25) is 0 Å². The predicted octanol–water partition coefficient (Wildman–Crippen LogP) is -2.78. The van der Waals surface area contributed by atoms with Gasteiger partial charge in [0.2, 0.25) is 0 Å². The number of nitrogens with two attached hydrogens (primary N) is 2. The zero-order valence-corrected chi connectivity index (χ0v) is 9.52. The molecule has 0 aromatic carbocycles. The summed E-state index contributed by atoms with van der Waals surface area (Å²) in [4.78, 5) is 0. The summed E-state index contributed by atoms with van der Waals surface area (Å²) < 4.78 is 0. The van der Waals surface area contributed by atoms with Crippen molar-refractivity contribution in [2.45, 2.75) is 0 Å². The molecule has 6 nitrogen and oxygen atoms in total. The van der Waals surface area contributed by atoms with Crippen molar-refractivity contribution < 1.29 is 0 Å². The Bertz CT molecular complexity index is 98.8. The van der Waals surface area contributed by atoms with Gasteiger partial charge in [0.1, 0.15) is 0 Å². The molecular weight excluding hydrogens is 192 g/mol. The van der Waals surface area contributed by atoms with Gasteiger partial charge in [-0.2, -0.15) is 0 Å². The molecule has 15 heavy (non-hydrogen) atoms. The Morgan fingerprint density at radius 1 is 0.533 bits per heavy atom. The second-order valence-electron chi connectivity index (χ2n) is 3.25. The maximum atomic E-state index is 5.34. The first kappa shape index (κ1) is 14.8. The van der Waals surface area contributed by atoms with E-state index in [-0.39, 0.29) is 0 Å². The smallest absolute Gasteiger partial charge is 0.0455 e. The summed E-state index contributed by atoms with van der Waals surface area (Å²) in [5, 5.41) is 13.0. The van der Waals surface area contributed by atoms with E-state index < -0.39 is 0 Å². The fourth-order valence-electron chi connectivity index (χ4n) is 1.07. The molecule has 0 rings (SSSR count). The van der Waals surface area contributed by atoms with Crippen LogP contribution in [0, 0.1) is 0 Å². The van der Waals surface area contributed by atoms with Crippen LogP contribution >= 0.6 is 0 Å². The van der Waals surface area contributed by atoms with Crippen LogP contribution in [0.2, 0.25) is 0 Å². The van der Waals surface area contributed by atoms with Crippen LogP contribution in [0.1, 0.15) is 0 Å². The molecule has 0 unspecified atom stereocenters. The van der Waals surface area contributed by atoms with Crippen molar-refractivity contribution in [1.82, 2.24) is 21.3 Å². The second kappa shape index (κ2) is 13.8. The monoisotopic (exact) mass is 218 g/mol. The zero-order valence-electron chi connectivity index (χ0n) is 9.52. The van der Waals surface area contributed by atoms with E-state index in [9.17, 15) is 0 Å². The van der Waals surface area contributed by atoms with Gasteiger partial charge in [0.15, 0.2) is 0 Å². The van der Waals surface area contributed by atoms with Crippen LogP contribution in [0.15, 0.2) is 0 Å². The van der Waals surface area contributed by atoms with E-state index in [1.165, 1.54) is 0 Å². The third-order valence-corrected chi connectivity index (χ3v) is 1.85. The largest absolute Gasteiger partial charge is 0.329 e. The molecule has 0 aliphatic carbocycles. The molecule has 0 fully saturated rings. The lowest BCUT2D eigenvalue weighted by Gasteiger charge is -2.07. The highest BCUT2D eigenvalue weighted by Crippen LogP contribution is 1.60. The van der Waals surface area contributed by atoms with Gasteiger partial charge in [-0.15, -0.1) is 0 Å². The van der Waals surface area contributed by atoms with Crippen LogP contribution in [0.5, 0.6) is 0 Å². The minimum atomic E-state index is 0.699. The maximum absolute atomic E-state index is 5.34. The summed E-state index contributed by atoms with van der Waals surface area (Å²) in [5.74, 6) is 0. The van der Waals surface area contributed by atoms with Gasteiger partial charge in [0.25, 0.3) is 0 Å². The van der Waals surface area contributed by atoms with Crippen molar-refractivity contribution in [2.75, 3.05) is 59.0 Å². The molecule has 0 amide bonds. The molecule has 0 spiro atoms. The van der Waals surface area contributed by atoms with Crippen LogP contribution in [0.3, 0.4) is 0 Å². The van der Waals surface area contributed by atoms with Gasteiger partial charge in [-0.25, -0.2) is 0 Å². The van der Waals surface area contributed by atoms with Crippen LogP contribution in [0.25, 0.3) is 0 Å². The Morgan fingerprint density at radius 2 is 0.933 bits per heavy atom. The van der Waals surface area contributed by atoms with E-state index in [0.29, 0.717) is 13.1 Å². The van der Waals surface area contributed by atoms with E-state index in [0.717, 1.165) is 45.9 Å². The van der Waals surface area contributed by atoms with E-state index in [1.807, 2.05) is 0 Å². The molecule has 0 radical (unpaired) electrons. The van der Waals surface area contributed by atoms with Gasteiger partial charge < -0.3 is 32.7 Å². The molecule has 0 aliphatic rings. The van der Waals surface area contributed by atoms with Crippen LogP contribution in [-0.4, -0.2) is 59.0 Å². The van der Waals surface area contributed by atoms with E-state index in [1.54, 1.807) is 0 Å². The van der Waals surface area contributed by atoms with Crippen molar-refractivity contribution >= 4 is 0 Å². The molecular formula is C9H26N6. The summed E-state index contributed by atoms with van der Waals surface area (Å²) in [5.41, 5.74) is 10.7. The topological polar surface area (TPSA) is 100 Å². The van der Waals surface area contributed by atoms with Gasteiger partial charge in [0.05, 0.1) is 0 Å². The van der Waals surface area contributed by atoms with Gasteiger partial charge in [0, 0.05) is 59.0 Å². The lowest BCUT2D eigenvalue weighted by atomic mass is 10.5. The molecule has 92 valence electrons. The number of hydrogen-bond donors (Lipinski definition) is 6. The number of nitrogens with one attached hydrogen (secondary N) is 4. The molecule has 0 bridgehead atoms. The first-order chi connectivity index (χ1) is 7.41. The average molecular weight is 218 g/mol. The Labute approximate surface area is 92.5 Å². The van der Waals surface area contributed by atoms with E-state index in [4.69, 9.17) is 11.5 Å². The summed E-state index contributed by atoms with van der Waals surface area (Å²) >= 11 is 0. The van der Waals surface area contributed by atoms with E-state index in [2.05, 4.69) is 21.3 Å². The molecule has 0 saturated heterocycles. The molecule has 0 aliphatic heterocycles. The minimum Gasteiger partial charge on any atom is -0.329 e. The highest BCUT2D eigenvalue weighted by molar-refractivity contribution is 4.54. The Balaban J connectivity index is 2.81. The third kappa shape index (κ3) is 13.8. The zero-order chi connectivity index (χ0) is 11.2. The number of rotatable bonds is 12. The lowest BCUT2D eigenvalue weighted by Crippen LogP contribution is -2.38. The average Bonchev–Trinajstić information content (AvgIpc) is 2.26. The van der Waals surface area contributed by atoms with Gasteiger partial charge >= 0.3 is 0 Å². The van der Waals surface area contributed by atoms with Crippen molar-refractivity contribution in [1.29, 1.82) is 0 Å². The Kier molecular flexibility index (Phi) is 13.5. The molecule has 6 heteroatoms. The second-order valence-corrected chi connectivity index (χ2v) is 3.25. The maximum Gasteiger partial charge on any atom is 0.0455 e. The fourth-order valence-corrected chi connectivity index (χ4v) is 1.07. The number of hydrogen-bond acceptors (Lipinski definition) is 6. The van der Waals surface area contributed by atoms with Crippen molar-refractivity contribution in [3.05, 3.63) is 0 Å². The molecule has 8 N–H and O–H groups in total. The summed E-state index contributed by atoms with van der Waals surface area (Å²) in [6.45, 7) is 7.86.